The monoisotopic (exact) mass is 344 g/mol. The van der Waals surface area contributed by atoms with Crippen molar-refractivity contribution in [1.82, 2.24) is 5.32 Å². The molecule has 0 saturated heterocycles. The lowest BCUT2D eigenvalue weighted by Crippen LogP contribution is -2.40. The highest BCUT2D eigenvalue weighted by molar-refractivity contribution is 8.00. The molecule has 5 nitrogen and oxygen atoms in total. The van der Waals surface area contributed by atoms with Crippen molar-refractivity contribution in [2.45, 2.75) is 30.7 Å². The molecule has 1 N–H and O–H groups in total. The summed E-state index contributed by atoms with van der Waals surface area (Å²) in [6.07, 6.45) is 2.56. The first-order valence-corrected chi connectivity index (χ1v) is 8.96. The van der Waals surface area contributed by atoms with Gasteiger partial charge >= 0.3 is 0 Å². The van der Waals surface area contributed by atoms with Crippen molar-refractivity contribution in [3.63, 3.8) is 0 Å². The molecule has 3 rings (SSSR count). The smallest absolute Gasteiger partial charge is 0.237 e. The topological polar surface area (TPSA) is 62.6 Å². The second-order valence-corrected chi connectivity index (χ2v) is 6.82. The van der Waals surface area contributed by atoms with Crippen LogP contribution in [0.1, 0.15) is 19.1 Å². The summed E-state index contributed by atoms with van der Waals surface area (Å²) in [6.45, 7) is 2.34. The van der Waals surface area contributed by atoms with E-state index in [4.69, 9.17) is 4.42 Å². The summed E-state index contributed by atoms with van der Waals surface area (Å²) in [5, 5.41) is 2.95. The maximum absolute atomic E-state index is 12.2. The van der Waals surface area contributed by atoms with Crippen molar-refractivity contribution in [1.29, 1.82) is 0 Å². The number of nitrogens with one attached hydrogen (secondary N) is 1. The number of carbonyl (C=O) groups excluding carboxylic acids is 2. The first-order valence-electron chi connectivity index (χ1n) is 7.97. The van der Waals surface area contributed by atoms with Gasteiger partial charge in [-0.25, -0.2) is 0 Å². The number of amides is 2. The van der Waals surface area contributed by atoms with Crippen molar-refractivity contribution in [2.75, 3.05) is 17.2 Å². The van der Waals surface area contributed by atoms with Crippen LogP contribution in [-0.2, 0) is 16.0 Å². The van der Waals surface area contributed by atoms with Crippen molar-refractivity contribution in [2.24, 2.45) is 0 Å². The number of carbonyl (C=O) groups is 2. The van der Waals surface area contributed by atoms with Crippen LogP contribution in [0.5, 0.6) is 0 Å². The van der Waals surface area contributed by atoms with Crippen LogP contribution in [-0.4, -0.2) is 30.2 Å². The van der Waals surface area contributed by atoms with Gasteiger partial charge in [-0.3, -0.25) is 9.59 Å². The summed E-state index contributed by atoms with van der Waals surface area (Å²) in [6, 6.07) is 11.5. The molecule has 1 aromatic carbocycles. The lowest BCUT2D eigenvalue weighted by Gasteiger charge is -2.28. The van der Waals surface area contributed by atoms with Crippen LogP contribution >= 0.6 is 11.8 Å². The van der Waals surface area contributed by atoms with E-state index in [1.165, 1.54) is 0 Å². The Bertz CT molecular complexity index is 715. The molecule has 0 aliphatic carbocycles. The van der Waals surface area contributed by atoms with Crippen LogP contribution in [0.4, 0.5) is 5.69 Å². The number of fused-ring (bicyclic) bond motifs is 1. The van der Waals surface area contributed by atoms with Crippen molar-refractivity contribution in [3.8, 4) is 0 Å². The van der Waals surface area contributed by atoms with Crippen LogP contribution in [0.15, 0.2) is 52.0 Å². The largest absolute Gasteiger partial charge is 0.469 e. The Morgan fingerprint density at radius 3 is 2.96 bits per heavy atom. The van der Waals surface area contributed by atoms with E-state index >= 15 is 0 Å². The first kappa shape index (κ1) is 16.6. The molecule has 0 saturated carbocycles. The molecule has 0 spiro atoms. The van der Waals surface area contributed by atoms with E-state index in [1.807, 2.05) is 43.3 Å². The Labute approximate surface area is 145 Å². The predicted octanol–water partition coefficient (Wildman–Crippen LogP) is 2.86. The third kappa shape index (κ3) is 4.00. The van der Waals surface area contributed by atoms with Crippen LogP contribution in [0, 0.1) is 0 Å². The fraction of sp³-hybridized carbons (Fsp3) is 0.333. The summed E-state index contributed by atoms with van der Waals surface area (Å²) in [5.41, 5.74) is 0.898. The molecule has 0 fully saturated rings. The number of furan rings is 1. The van der Waals surface area contributed by atoms with Gasteiger partial charge in [-0.1, -0.05) is 12.1 Å². The van der Waals surface area contributed by atoms with Gasteiger partial charge in [-0.05, 0) is 31.2 Å². The van der Waals surface area contributed by atoms with Crippen LogP contribution in [0.25, 0.3) is 0 Å². The second kappa shape index (κ2) is 7.57. The van der Waals surface area contributed by atoms with Gasteiger partial charge in [-0.15, -0.1) is 11.8 Å². The van der Waals surface area contributed by atoms with Gasteiger partial charge in [-0.2, -0.15) is 0 Å². The minimum Gasteiger partial charge on any atom is -0.469 e. The third-order valence-corrected chi connectivity index (χ3v) is 4.91. The molecule has 0 radical (unpaired) electrons. The minimum atomic E-state index is -0.0578. The Kier molecular flexibility index (Phi) is 5.25. The zero-order valence-electron chi connectivity index (χ0n) is 13.5. The highest BCUT2D eigenvalue weighted by Crippen LogP contribution is 2.34. The van der Waals surface area contributed by atoms with Crippen molar-refractivity contribution >= 4 is 29.3 Å². The van der Waals surface area contributed by atoms with Gasteiger partial charge in [0.05, 0.1) is 17.7 Å². The maximum atomic E-state index is 12.2. The lowest BCUT2D eigenvalue weighted by atomic mass is 10.2. The summed E-state index contributed by atoms with van der Waals surface area (Å²) in [7, 11) is 0. The molecule has 6 heteroatoms. The number of benzene rings is 1. The Hall–Kier alpha value is -2.21. The molecule has 1 aliphatic heterocycles. The van der Waals surface area contributed by atoms with E-state index in [1.54, 1.807) is 22.9 Å². The van der Waals surface area contributed by atoms with Gasteiger partial charge in [0.1, 0.15) is 5.76 Å². The van der Waals surface area contributed by atoms with Crippen LogP contribution in [0.3, 0.4) is 0 Å². The molecule has 1 aliphatic rings. The molecule has 2 amide bonds. The van der Waals surface area contributed by atoms with E-state index in [2.05, 4.69) is 5.32 Å². The number of thioether (sulfide) groups is 1. The Morgan fingerprint density at radius 1 is 1.33 bits per heavy atom. The second-order valence-electron chi connectivity index (χ2n) is 5.80. The van der Waals surface area contributed by atoms with E-state index in [0.717, 1.165) is 16.3 Å². The highest BCUT2D eigenvalue weighted by atomic mass is 32.2. The summed E-state index contributed by atoms with van der Waals surface area (Å²) < 4.78 is 5.29. The van der Waals surface area contributed by atoms with Crippen LogP contribution < -0.4 is 10.2 Å². The number of rotatable bonds is 6. The number of hydrogen-bond acceptors (Lipinski definition) is 4. The average Bonchev–Trinajstić information content (AvgIpc) is 3.06. The molecular formula is C18H20N2O3S. The normalized spacial score (nSPS) is 15.0. The van der Waals surface area contributed by atoms with Gasteiger partial charge in [0.25, 0.3) is 0 Å². The zero-order valence-corrected chi connectivity index (χ0v) is 14.3. The standard InChI is InChI=1S/C18H20N2O3S/c1-13(11-14-5-4-10-23-14)19-17(21)8-9-20-15-6-2-3-7-16(15)24-12-18(20)22/h2-7,10,13H,8-9,11-12H2,1H3,(H,19,21). The number of hydrogen-bond donors (Lipinski definition) is 1. The third-order valence-electron chi connectivity index (χ3n) is 3.87. The van der Waals surface area contributed by atoms with Gasteiger partial charge in [0.2, 0.25) is 11.8 Å². The highest BCUT2D eigenvalue weighted by Gasteiger charge is 2.24. The molecule has 1 unspecified atom stereocenters. The molecule has 2 aromatic rings. The summed E-state index contributed by atoms with van der Waals surface area (Å²) in [4.78, 5) is 27.1. The minimum absolute atomic E-state index is 0.0106. The fourth-order valence-electron chi connectivity index (χ4n) is 2.74. The number of anilines is 1. The van der Waals surface area contributed by atoms with Crippen molar-refractivity contribution in [3.05, 3.63) is 48.4 Å². The number of nitrogens with zero attached hydrogens (tertiary/aromatic N) is 1. The van der Waals surface area contributed by atoms with Gasteiger partial charge < -0.3 is 14.6 Å². The predicted molar refractivity (Wildman–Crippen MR) is 94.2 cm³/mol. The molecular weight excluding hydrogens is 324 g/mol. The SMILES string of the molecule is CC(Cc1ccco1)NC(=O)CCN1C(=O)CSc2ccccc21. The molecule has 24 heavy (non-hydrogen) atoms. The van der Waals surface area contributed by atoms with E-state index in [9.17, 15) is 9.59 Å². The van der Waals surface area contributed by atoms with E-state index in [-0.39, 0.29) is 24.3 Å². The fourth-order valence-corrected chi connectivity index (χ4v) is 3.68. The zero-order chi connectivity index (χ0) is 16.9. The summed E-state index contributed by atoms with van der Waals surface area (Å²) in [5.74, 6) is 1.26. The van der Waals surface area contributed by atoms with E-state index < -0.39 is 0 Å². The lowest BCUT2D eigenvalue weighted by molar-refractivity contribution is -0.121. The maximum Gasteiger partial charge on any atom is 0.237 e. The van der Waals surface area contributed by atoms with Gasteiger partial charge in [0.15, 0.2) is 0 Å². The summed E-state index contributed by atoms with van der Waals surface area (Å²) >= 11 is 1.55. The number of para-hydroxylation sites is 1. The molecule has 126 valence electrons. The van der Waals surface area contributed by atoms with Crippen molar-refractivity contribution < 1.29 is 14.0 Å². The molecule has 0 bridgehead atoms. The average molecular weight is 344 g/mol. The molecule has 1 aromatic heterocycles. The molecule has 1 atom stereocenters. The quantitative estimate of drug-likeness (QED) is 0.875. The van der Waals surface area contributed by atoms with E-state index in [0.29, 0.717) is 18.7 Å². The first-order chi connectivity index (χ1) is 11.6. The van der Waals surface area contributed by atoms with Crippen LogP contribution in [0.2, 0.25) is 0 Å². The van der Waals surface area contributed by atoms with Gasteiger partial charge in [0, 0.05) is 30.3 Å². The Morgan fingerprint density at radius 2 is 2.17 bits per heavy atom. The molecule has 2 heterocycles. The Balaban J connectivity index is 1.53.